The summed E-state index contributed by atoms with van der Waals surface area (Å²) < 4.78 is 5.53. The Morgan fingerprint density at radius 1 is 0.892 bits per heavy atom. The quantitative estimate of drug-likeness (QED) is 0.195. The van der Waals surface area contributed by atoms with Crippen molar-refractivity contribution < 1.29 is 14.6 Å². The van der Waals surface area contributed by atoms with Gasteiger partial charge in [0.25, 0.3) is 0 Å². The Morgan fingerprint density at radius 2 is 1.51 bits per heavy atom. The topological polar surface area (TPSA) is 46.5 Å². The van der Waals surface area contributed by atoms with Crippen LogP contribution in [0.4, 0.5) is 0 Å². The number of aryl methyl sites for hydroxylation is 1. The molecule has 0 radical (unpaired) electrons. The van der Waals surface area contributed by atoms with Gasteiger partial charge >= 0.3 is 5.97 Å². The highest BCUT2D eigenvalue weighted by Gasteiger charge is 2.32. The molecule has 4 rings (SSSR count). The molecule has 1 aromatic rings. The molecule has 1 N–H and O–H groups in total. The van der Waals surface area contributed by atoms with Gasteiger partial charge in [0.15, 0.2) is 0 Å². The lowest BCUT2D eigenvalue weighted by Gasteiger charge is -2.38. The minimum absolute atomic E-state index is 0.0429. The molecule has 0 aromatic heterocycles. The second-order valence-corrected chi connectivity index (χ2v) is 12.6. The summed E-state index contributed by atoms with van der Waals surface area (Å²) in [5, 5.41) is 9.08. The van der Waals surface area contributed by atoms with Crippen LogP contribution in [0.3, 0.4) is 0 Å². The highest BCUT2D eigenvalue weighted by atomic mass is 16.5. The Labute approximate surface area is 226 Å². The number of carbonyl (C=O) groups excluding carboxylic acids is 1. The van der Waals surface area contributed by atoms with Crippen molar-refractivity contribution in [2.75, 3.05) is 6.61 Å². The molecule has 206 valence electrons. The first kappa shape index (κ1) is 28.4. The molecule has 0 bridgehead atoms. The number of hydrogen-bond acceptors (Lipinski definition) is 3. The average Bonchev–Trinajstić information content (AvgIpc) is 2.93. The van der Waals surface area contributed by atoms with Gasteiger partial charge in [0.2, 0.25) is 0 Å². The van der Waals surface area contributed by atoms with E-state index in [4.69, 9.17) is 9.84 Å². The van der Waals surface area contributed by atoms with E-state index in [1.807, 2.05) is 0 Å². The third-order valence-electron chi connectivity index (χ3n) is 10.2. The standard InChI is InChI=1S/C34H52O3/c1-4-5-6-7-26-8-10-27(11-9-26)28-12-14-30(15-13-28)33-21-18-31(22-24(33)2)29-16-19-32(20-17-29)37-34(36)25(3)23-35/h18,21-22,26-30,32,35H,3-17,19-20,23H2,1-2H3. The molecule has 37 heavy (non-hydrogen) atoms. The number of esters is 1. The summed E-state index contributed by atoms with van der Waals surface area (Å²) in [7, 11) is 0. The Kier molecular flexibility index (Phi) is 10.7. The summed E-state index contributed by atoms with van der Waals surface area (Å²) in [5.74, 6) is 3.85. The maximum absolute atomic E-state index is 11.9. The molecule has 1 aromatic carbocycles. The molecule has 0 aliphatic heterocycles. The molecule has 3 heteroatoms. The van der Waals surface area contributed by atoms with E-state index in [0.717, 1.165) is 49.4 Å². The zero-order chi connectivity index (χ0) is 26.2. The number of benzene rings is 1. The van der Waals surface area contributed by atoms with Gasteiger partial charge in [-0.2, -0.15) is 0 Å². The molecule has 0 atom stereocenters. The third kappa shape index (κ3) is 7.71. The van der Waals surface area contributed by atoms with Gasteiger partial charge in [-0.1, -0.05) is 70.2 Å². The monoisotopic (exact) mass is 508 g/mol. The fraction of sp³-hybridized carbons (Fsp3) is 0.735. The Balaban J connectivity index is 1.22. The lowest BCUT2D eigenvalue weighted by Crippen LogP contribution is -2.26. The summed E-state index contributed by atoms with van der Waals surface area (Å²) in [5.41, 5.74) is 4.66. The van der Waals surface area contributed by atoms with Crippen molar-refractivity contribution in [3.63, 3.8) is 0 Å². The van der Waals surface area contributed by atoms with Crippen molar-refractivity contribution >= 4 is 5.97 Å². The van der Waals surface area contributed by atoms with Crippen LogP contribution in [0, 0.1) is 24.7 Å². The molecule has 3 nitrogen and oxygen atoms in total. The number of aliphatic hydroxyl groups excluding tert-OH is 1. The number of rotatable bonds is 10. The van der Waals surface area contributed by atoms with E-state index >= 15 is 0 Å². The molecule has 0 amide bonds. The van der Waals surface area contributed by atoms with Crippen molar-refractivity contribution in [2.45, 2.75) is 135 Å². The smallest absolute Gasteiger partial charge is 0.336 e. The zero-order valence-corrected chi connectivity index (χ0v) is 23.7. The van der Waals surface area contributed by atoms with Crippen LogP contribution >= 0.6 is 0 Å². The van der Waals surface area contributed by atoms with E-state index in [9.17, 15) is 4.79 Å². The lowest BCUT2D eigenvalue weighted by molar-refractivity contribution is -0.146. The van der Waals surface area contributed by atoms with Gasteiger partial charge in [-0.25, -0.2) is 4.79 Å². The molecule has 3 saturated carbocycles. The number of hydrogen-bond donors (Lipinski definition) is 1. The van der Waals surface area contributed by atoms with Crippen molar-refractivity contribution in [1.29, 1.82) is 0 Å². The normalized spacial score (nSPS) is 30.6. The van der Waals surface area contributed by atoms with Crippen LogP contribution in [0.5, 0.6) is 0 Å². The number of aliphatic hydroxyl groups is 1. The van der Waals surface area contributed by atoms with E-state index in [1.54, 1.807) is 5.56 Å². The van der Waals surface area contributed by atoms with Crippen molar-refractivity contribution in [1.82, 2.24) is 0 Å². The van der Waals surface area contributed by atoms with Crippen LogP contribution in [0.25, 0.3) is 0 Å². The van der Waals surface area contributed by atoms with Crippen LogP contribution in [0.15, 0.2) is 30.4 Å². The van der Waals surface area contributed by atoms with Crippen molar-refractivity contribution in [3.05, 3.63) is 47.0 Å². The van der Waals surface area contributed by atoms with Gasteiger partial charge in [0.05, 0.1) is 12.2 Å². The van der Waals surface area contributed by atoms with Gasteiger partial charge in [-0.3, -0.25) is 0 Å². The maximum Gasteiger partial charge on any atom is 0.336 e. The van der Waals surface area contributed by atoms with E-state index in [2.05, 4.69) is 38.6 Å². The summed E-state index contributed by atoms with van der Waals surface area (Å²) >= 11 is 0. The predicted octanol–water partition coefficient (Wildman–Crippen LogP) is 8.77. The molecule has 0 spiro atoms. The second-order valence-electron chi connectivity index (χ2n) is 12.6. The lowest BCUT2D eigenvalue weighted by atomic mass is 9.67. The van der Waals surface area contributed by atoms with Crippen LogP contribution in [-0.4, -0.2) is 23.8 Å². The number of unbranched alkanes of at least 4 members (excludes halogenated alkanes) is 2. The fourth-order valence-electron chi connectivity index (χ4n) is 7.76. The first-order chi connectivity index (χ1) is 18.0. The summed E-state index contributed by atoms with van der Waals surface area (Å²) in [4.78, 5) is 11.9. The van der Waals surface area contributed by atoms with E-state index in [0.29, 0.717) is 5.92 Å². The maximum atomic E-state index is 11.9. The molecule has 0 saturated heterocycles. The molecular weight excluding hydrogens is 456 g/mol. The summed E-state index contributed by atoms with van der Waals surface area (Å²) in [6.45, 7) is 7.88. The first-order valence-electron chi connectivity index (χ1n) is 15.6. The molecule has 3 aliphatic rings. The van der Waals surface area contributed by atoms with Gasteiger partial charge in [0, 0.05) is 0 Å². The van der Waals surface area contributed by atoms with Gasteiger partial charge in [-0.05, 0) is 117 Å². The zero-order valence-electron chi connectivity index (χ0n) is 23.7. The van der Waals surface area contributed by atoms with Crippen molar-refractivity contribution in [3.8, 4) is 0 Å². The highest BCUT2D eigenvalue weighted by molar-refractivity contribution is 5.88. The average molecular weight is 509 g/mol. The van der Waals surface area contributed by atoms with Gasteiger partial charge in [-0.15, -0.1) is 0 Å². The molecular formula is C34H52O3. The Hall–Kier alpha value is -1.61. The second kappa shape index (κ2) is 14.0. The Morgan fingerprint density at radius 3 is 2.11 bits per heavy atom. The SMILES string of the molecule is C=C(CO)C(=O)OC1CCC(c2ccc(C3CCC(C4CCC(CCCCC)CC4)CC3)c(C)c2)CC1. The van der Waals surface area contributed by atoms with Crippen LogP contribution in [0.1, 0.15) is 138 Å². The highest BCUT2D eigenvalue weighted by Crippen LogP contribution is 2.45. The molecule has 0 heterocycles. The van der Waals surface area contributed by atoms with Gasteiger partial charge in [0.1, 0.15) is 6.10 Å². The summed E-state index contributed by atoms with van der Waals surface area (Å²) in [6, 6.07) is 7.28. The number of ether oxygens (including phenoxy) is 1. The minimum atomic E-state index is -0.448. The van der Waals surface area contributed by atoms with Crippen LogP contribution < -0.4 is 0 Å². The van der Waals surface area contributed by atoms with E-state index < -0.39 is 5.97 Å². The molecule has 3 aliphatic carbocycles. The van der Waals surface area contributed by atoms with E-state index in [-0.39, 0.29) is 18.3 Å². The molecule has 0 unspecified atom stereocenters. The number of carbonyl (C=O) groups is 1. The minimum Gasteiger partial charge on any atom is -0.459 e. The van der Waals surface area contributed by atoms with Gasteiger partial charge < -0.3 is 9.84 Å². The van der Waals surface area contributed by atoms with E-state index in [1.165, 1.54) is 88.2 Å². The summed E-state index contributed by atoms with van der Waals surface area (Å²) in [6.07, 6.45) is 21.1. The Bertz CT molecular complexity index is 865. The van der Waals surface area contributed by atoms with Crippen LogP contribution in [-0.2, 0) is 9.53 Å². The first-order valence-corrected chi connectivity index (χ1v) is 15.6. The molecule has 3 fully saturated rings. The third-order valence-corrected chi connectivity index (χ3v) is 10.2. The predicted molar refractivity (Wildman–Crippen MR) is 153 cm³/mol. The van der Waals surface area contributed by atoms with Crippen molar-refractivity contribution in [2.24, 2.45) is 17.8 Å². The fourth-order valence-corrected chi connectivity index (χ4v) is 7.76. The largest absolute Gasteiger partial charge is 0.459 e. The van der Waals surface area contributed by atoms with Crippen LogP contribution in [0.2, 0.25) is 0 Å².